The van der Waals surface area contributed by atoms with E-state index in [-0.39, 0.29) is 13.2 Å². The minimum Gasteiger partial charge on any atom is -0.463 e. The molecule has 3 rings (SSSR count). The van der Waals surface area contributed by atoms with Crippen LogP contribution in [0.4, 0.5) is 4.39 Å². The van der Waals surface area contributed by atoms with Crippen molar-refractivity contribution < 1.29 is 55.9 Å². The molecule has 0 radical (unpaired) electrons. The molecule has 0 spiro atoms. The van der Waals surface area contributed by atoms with E-state index in [0.717, 1.165) is 20.8 Å². The molecule has 1 heterocycles. The molecule has 0 bridgehead atoms. The van der Waals surface area contributed by atoms with Gasteiger partial charge in [-0.15, -0.1) is 0 Å². The first-order valence-electron chi connectivity index (χ1n) is 12.0. The number of phosphoric ester groups is 1. The first-order chi connectivity index (χ1) is 18.6. The van der Waals surface area contributed by atoms with Crippen molar-refractivity contribution in [2.24, 2.45) is 0 Å². The number of carbonyl (C=O) groups excluding carboxylic acids is 3. The van der Waals surface area contributed by atoms with E-state index in [2.05, 4.69) is 0 Å². The molecule has 1 aliphatic heterocycles. The third-order valence-electron chi connectivity index (χ3n) is 5.33. The van der Waals surface area contributed by atoms with Crippen LogP contribution in [0.5, 0.6) is 0 Å². The Morgan fingerprint density at radius 1 is 0.795 bits per heavy atom. The molecule has 2 aromatic carbocycles. The number of carbonyl (C=O) groups is 3. The molecule has 0 aromatic heterocycles. The van der Waals surface area contributed by atoms with Gasteiger partial charge in [0.05, 0.1) is 13.2 Å². The minimum atomic E-state index is -4.55. The summed E-state index contributed by atoms with van der Waals surface area (Å²) >= 11 is 0. The molecule has 2 aromatic rings. The van der Waals surface area contributed by atoms with Crippen LogP contribution in [0.3, 0.4) is 0 Å². The van der Waals surface area contributed by atoms with E-state index in [1.807, 2.05) is 0 Å². The molecule has 0 amide bonds. The molecule has 1 saturated heterocycles. The van der Waals surface area contributed by atoms with Gasteiger partial charge in [0.15, 0.2) is 18.4 Å². The van der Waals surface area contributed by atoms with Crippen molar-refractivity contribution in [1.82, 2.24) is 0 Å². The highest BCUT2D eigenvalue weighted by Crippen LogP contribution is 2.53. The van der Waals surface area contributed by atoms with E-state index in [4.69, 9.17) is 32.5 Å². The molecule has 212 valence electrons. The smallest absolute Gasteiger partial charge is 0.463 e. The summed E-state index contributed by atoms with van der Waals surface area (Å²) in [6.07, 6.45) is -8.89. The second-order valence-corrected chi connectivity index (χ2v) is 10.1. The summed E-state index contributed by atoms with van der Waals surface area (Å²) in [4.78, 5) is 34.9. The summed E-state index contributed by atoms with van der Waals surface area (Å²) in [5.74, 6) is -2.43. The standard InChI is InChI=1S/C26H30FO11P/c1-17(28)32-16-22-24(35-18(2)29)25(36-19(3)30)23(27)26(37-22)38-39(31,33-14-20-10-6-4-7-11-20)34-15-21-12-8-5-9-13-21/h4-13,22-26H,14-16H2,1-3H3/t22-,23+,24-,25-,26?/m1/s1. The van der Waals surface area contributed by atoms with E-state index in [1.165, 1.54) is 0 Å². The summed E-state index contributed by atoms with van der Waals surface area (Å²) in [5, 5.41) is 0. The normalized spacial score (nSPS) is 23.0. The molecule has 5 atom stereocenters. The fraction of sp³-hybridized carbons (Fsp3) is 0.423. The third-order valence-corrected chi connectivity index (χ3v) is 6.68. The zero-order chi connectivity index (χ0) is 28.4. The van der Waals surface area contributed by atoms with Crippen molar-refractivity contribution in [2.75, 3.05) is 6.61 Å². The zero-order valence-electron chi connectivity index (χ0n) is 21.6. The van der Waals surface area contributed by atoms with Gasteiger partial charge >= 0.3 is 25.7 Å². The Morgan fingerprint density at radius 3 is 1.74 bits per heavy atom. The third kappa shape index (κ3) is 9.52. The van der Waals surface area contributed by atoms with Gasteiger partial charge < -0.3 is 18.9 Å². The molecule has 1 fully saturated rings. The van der Waals surface area contributed by atoms with Crippen molar-refractivity contribution in [3.8, 4) is 0 Å². The van der Waals surface area contributed by atoms with Gasteiger partial charge in [-0.3, -0.25) is 28.0 Å². The van der Waals surface area contributed by atoms with E-state index in [1.54, 1.807) is 60.7 Å². The fourth-order valence-corrected chi connectivity index (χ4v) is 4.86. The first kappa shape index (κ1) is 30.4. The maximum Gasteiger partial charge on any atom is 0.477 e. The Labute approximate surface area is 225 Å². The van der Waals surface area contributed by atoms with E-state index >= 15 is 4.39 Å². The number of hydrogen-bond donors (Lipinski definition) is 0. The topological polar surface area (TPSA) is 133 Å². The van der Waals surface area contributed by atoms with Crippen LogP contribution >= 0.6 is 7.82 Å². The molecule has 0 N–H and O–H groups in total. The van der Waals surface area contributed by atoms with Gasteiger partial charge in [0, 0.05) is 20.8 Å². The molecular formula is C26H30FO11P. The number of esters is 3. The highest BCUT2D eigenvalue weighted by Gasteiger charge is 2.53. The maximum absolute atomic E-state index is 15.7. The van der Waals surface area contributed by atoms with Crippen molar-refractivity contribution in [1.29, 1.82) is 0 Å². The zero-order valence-corrected chi connectivity index (χ0v) is 22.5. The summed E-state index contributed by atoms with van der Waals surface area (Å²) in [5.41, 5.74) is 1.26. The first-order valence-corrected chi connectivity index (χ1v) is 13.4. The van der Waals surface area contributed by atoms with E-state index in [9.17, 15) is 18.9 Å². The predicted molar refractivity (Wildman–Crippen MR) is 132 cm³/mol. The lowest BCUT2D eigenvalue weighted by Crippen LogP contribution is -2.60. The quantitative estimate of drug-likeness (QED) is 0.209. The summed E-state index contributed by atoms with van der Waals surface area (Å²) in [6.45, 7) is 2.28. The number of halogens is 1. The minimum absolute atomic E-state index is 0.211. The van der Waals surface area contributed by atoms with Crippen molar-refractivity contribution in [2.45, 2.75) is 64.8 Å². The second-order valence-electron chi connectivity index (χ2n) is 8.51. The molecule has 39 heavy (non-hydrogen) atoms. The van der Waals surface area contributed by atoms with Crippen molar-refractivity contribution >= 4 is 25.7 Å². The molecule has 11 nitrogen and oxygen atoms in total. The Bertz CT molecular complexity index is 1100. The van der Waals surface area contributed by atoms with E-state index in [0.29, 0.717) is 11.1 Å². The van der Waals surface area contributed by atoms with Crippen LogP contribution in [-0.4, -0.2) is 55.3 Å². The van der Waals surface area contributed by atoms with Crippen LogP contribution in [-0.2, 0) is 64.7 Å². The Balaban J connectivity index is 1.87. The van der Waals surface area contributed by atoms with Crippen LogP contribution in [0.1, 0.15) is 31.9 Å². The van der Waals surface area contributed by atoms with Crippen LogP contribution in [0.25, 0.3) is 0 Å². The Hall–Kier alpha value is -3.15. The molecule has 1 aliphatic rings. The van der Waals surface area contributed by atoms with Crippen LogP contribution < -0.4 is 0 Å². The fourth-order valence-electron chi connectivity index (χ4n) is 3.63. The SMILES string of the molecule is CC(=O)OC[C@H]1OC(OP(=O)(OCc2ccccc2)OCc2ccccc2)[C@@H](F)[C@@H](OC(C)=O)[C@@H]1OC(C)=O. The Morgan fingerprint density at radius 2 is 1.28 bits per heavy atom. The molecule has 13 heteroatoms. The molecule has 1 unspecified atom stereocenters. The van der Waals surface area contributed by atoms with Gasteiger partial charge in [-0.2, -0.15) is 0 Å². The molecule has 0 aliphatic carbocycles. The van der Waals surface area contributed by atoms with E-state index < -0.39 is 63.1 Å². The van der Waals surface area contributed by atoms with Crippen molar-refractivity contribution in [3.05, 3.63) is 71.8 Å². The second kappa shape index (κ2) is 14.3. The lowest BCUT2D eigenvalue weighted by molar-refractivity contribution is -0.275. The monoisotopic (exact) mass is 568 g/mol. The maximum atomic E-state index is 15.7. The number of hydrogen-bond acceptors (Lipinski definition) is 11. The number of alkyl halides is 1. The van der Waals surface area contributed by atoms with Gasteiger partial charge in [-0.1, -0.05) is 60.7 Å². The van der Waals surface area contributed by atoms with Crippen LogP contribution in [0, 0.1) is 0 Å². The Kier molecular flexibility index (Phi) is 11.1. The average Bonchev–Trinajstić information content (AvgIpc) is 2.90. The van der Waals surface area contributed by atoms with Gasteiger partial charge in [-0.25, -0.2) is 8.96 Å². The average molecular weight is 568 g/mol. The summed E-state index contributed by atoms with van der Waals surface area (Å²) in [6, 6.07) is 17.4. The summed E-state index contributed by atoms with van der Waals surface area (Å²) < 4.78 is 66.8. The van der Waals surface area contributed by atoms with Gasteiger partial charge in [-0.05, 0) is 11.1 Å². The lowest BCUT2D eigenvalue weighted by atomic mass is 9.99. The molecule has 0 saturated carbocycles. The number of phosphoric acid groups is 1. The lowest BCUT2D eigenvalue weighted by Gasteiger charge is -2.42. The van der Waals surface area contributed by atoms with Gasteiger partial charge in [0.2, 0.25) is 6.29 Å². The van der Waals surface area contributed by atoms with Crippen molar-refractivity contribution in [3.63, 3.8) is 0 Å². The number of ether oxygens (including phenoxy) is 4. The summed E-state index contributed by atoms with van der Waals surface area (Å²) in [7, 11) is -4.55. The molecular weight excluding hydrogens is 538 g/mol. The van der Waals surface area contributed by atoms with Crippen LogP contribution in [0.15, 0.2) is 60.7 Å². The number of rotatable bonds is 12. The van der Waals surface area contributed by atoms with Gasteiger partial charge in [0.1, 0.15) is 12.7 Å². The largest absolute Gasteiger partial charge is 0.477 e. The van der Waals surface area contributed by atoms with Gasteiger partial charge in [0.25, 0.3) is 0 Å². The highest BCUT2D eigenvalue weighted by molar-refractivity contribution is 7.48. The predicted octanol–water partition coefficient (Wildman–Crippen LogP) is 4.03. The number of benzene rings is 2. The van der Waals surface area contributed by atoms with Crippen LogP contribution in [0.2, 0.25) is 0 Å². The highest BCUT2D eigenvalue weighted by atomic mass is 31.2.